The van der Waals surface area contributed by atoms with Crippen LogP contribution in [0.2, 0.25) is 0 Å². The van der Waals surface area contributed by atoms with Crippen molar-refractivity contribution in [1.29, 1.82) is 0 Å². The molecule has 0 radical (unpaired) electrons. The topological polar surface area (TPSA) is 85.4 Å². The van der Waals surface area contributed by atoms with Crippen LogP contribution in [-0.2, 0) is 0 Å². The minimum Gasteiger partial charge on any atom is -0.493 e. The fourth-order valence-electron chi connectivity index (χ4n) is 2.76. The van der Waals surface area contributed by atoms with Gasteiger partial charge in [-0.3, -0.25) is 4.79 Å². The second-order valence-corrected chi connectivity index (χ2v) is 6.20. The molecule has 0 aliphatic carbocycles. The van der Waals surface area contributed by atoms with E-state index in [0.717, 1.165) is 16.8 Å². The van der Waals surface area contributed by atoms with E-state index in [9.17, 15) is 4.79 Å². The summed E-state index contributed by atoms with van der Waals surface area (Å²) in [6, 6.07) is 11.2. The van der Waals surface area contributed by atoms with Crippen LogP contribution in [0, 0.1) is 13.8 Å². The molecule has 0 spiro atoms. The van der Waals surface area contributed by atoms with Crippen LogP contribution in [0.5, 0.6) is 11.5 Å². The zero-order valence-corrected chi connectivity index (χ0v) is 16.2. The fourth-order valence-corrected chi connectivity index (χ4v) is 2.76. The molecule has 0 saturated carbocycles. The Balaban J connectivity index is 1.72. The van der Waals surface area contributed by atoms with E-state index in [1.807, 2.05) is 32.0 Å². The number of amides is 1. The summed E-state index contributed by atoms with van der Waals surface area (Å²) in [6.45, 7) is 4.04. The standard InChI is InChI=1S/C21H22N4O3/c1-13-6-5-7-14(2)20(13)25-19-12-22-16(11-23-19)21(26)24-15-8-9-17(27-3)18(10-15)28-4/h5-12H,1-4H3,(H,23,25)(H,24,26). The van der Waals surface area contributed by atoms with E-state index in [0.29, 0.717) is 23.0 Å². The van der Waals surface area contributed by atoms with Crippen molar-refractivity contribution in [1.82, 2.24) is 9.97 Å². The zero-order valence-electron chi connectivity index (χ0n) is 16.2. The number of carbonyl (C=O) groups excluding carboxylic acids is 1. The van der Waals surface area contributed by atoms with Crippen molar-refractivity contribution >= 4 is 23.1 Å². The molecule has 0 aliphatic rings. The van der Waals surface area contributed by atoms with Crippen molar-refractivity contribution < 1.29 is 14.3 Å². The van der Waals surface area contributed by atoms with Gasteiger partial charge in [-0.05, 0) is 37.1 Å². The third-order valence-corrected chi connectivity index (χ3v) is 4.26. The highest BCUT2D eigenvalue weighted by Gasteiger charge is 2.11. The minimum atomic E-state index is -0.363. The Hall–Kier alpha value is -3.61. The first kappa shape index (κ1) is 19.2. The Kier molecular flexibility index (Phi) is 5.74. The van der Waals surface area contributed by atoms with Crippen LogP contribution >= 0.6 is 0 Å². The highest BCUT2D eigenvalue weighted by molar-refractivity contribution is 6.02. The van der Waals surface area contributed by atoms with E-state index in [-0.39, 0.29) is 11.6 Å². The maximum atomic E-state index is 12.4. The highest BCUT2D eigenvalue weighted by Crippen LogP contribution is 2.30. The molecular weight excluding hydrogens is 356 g/mol. The van der Waals surface area contributed by atoms with E-state index in [2.05, 4.69) is 20.6 Å². The molecule has 1 amide bonds. The second-order valence-electron chi connectivity index (χ2n) is 6.20. The molecule has 2 N–H and O–H groups in total. The highest BCUT2D eigenvalue weighted by atomic mass is 16.5. The summed E-state index contributed by atoms with van der Waals surface area (Å²) in [5.74, 6) is 1.32. The molecule has 0 saturated heterocycles. The quantitative estimate of drug-likeness (QED) is 0.671. The predicted octanol–water partition coefficient (Wildman–Crippen LogP) is 4.11. The number of rotatable bonds is 6. The number of aryl methyl sites for hydroxylation is 2. The molecule has 1 heterocycles. The first-order valence-electron chi connectivity index (χ1n) is 8.70. The van der Waals surface area contributed by atoms with Gasteiger partial charge in [-0.25, -0.2) is 9.97 Å². The van der Waals surface area contributed by atoms with Crippen LogP contribution in [0.3, 0.4) is 0 Å². The Morgan fingerprint density at radius 2 is 1.64 bits per heavy atom. The predicted molar refractivity (Wildman–Crippen MR) is 109 cm³/mol. The van der Waals surface area contributed by atoms with E-state index in [4.69, 9.17) is 9.47 Å². The third kappa shape index (κ3) is 4.20. The lowest BCUT2D eigenvalue weighted by atomic mass is 10.1. The first-order valence-corrected chi connectivity index (χ1v) is 8.70. The number of ether oxygens (including phenoxy) is 2. The molecule has 0 atom stereocenters. The molecule has 1 aromatic heterocycles. The van der Waals surface area contributed by atoms with Crippen molar-refractivity contribution in [2.45, 2.75) is 13.8 Å². The van der Waals surface area contributed by atoms with Gasteiger partial charge in [0.2, 0.25) is 0 Å². The molecule has 0 unspecified atom stereocenters. The number of nitrogens with zero attached hydrogens (tertiary/aromatic N) is 2. The number of methoxy groups -OCH3 is 2. The zero-order chi connectivity index (χ0) is 20.1. The molecular formula is C21H22N4O3. The molecule has 3 aromatic rings. The Morgan fingerprint density at radius 1 is 0.929 bits per heavy atom. The summed E-state index contributed by atoms with van der Waals surface area (Å²) in [7, 11) is 3.09. The maximum absolute atomic E-state index is 12.4. The number of hydrogen-bond acceptors (Lipinski definition) is 6. The summed E-state index contributed by atoms with van der Waals surface area (Å²) >= 11 is 0. The van der Waals surface area contributed by atoms with Crippen molar-refractivity contribution in [2.24, 2.45) is 0 Å². The summed E-state index contributed by atoms with van der Waals surface area (Å²) in [6.07, 6.45) is 2.97. The van der Waals surface area contributed by atoms with Crippen LogP contribution in [0.1, 0.15) is 21.6 Å². The number of nitrogens with one attached hydrogen (secondary N) is 2. The monoisotopic (exact) mass is 378 g/mol. The van der Waals surface area contributed by atoms with Crippen LogP contribution in [0.15, 0.2) is 48.8 Å². The smallest absolute Gasteiger partial charge is 0.275 e. The minimum absolute atomic E-state index is 0.210. The number of para-hydroxylation sites is 1. The first-order chi connectivity index (χ1) is 13.5. The van der Waals surface area contributed by atoms with Gasteiger partial charge in [0, 0.05) is 17.4 Å². The van der Waals surface area contributed by atoms with Crippen molar-refractivity contribution in [3.05, 3.63) is 65.6 Å². The van der Waals surface area contributed by atoms with Gasteiger partial charge in [-0.2, -0.15) is 0 Å². The average molecular weight is 378 g/mol. The van der Waals surface area contributed by atoms with Crippen molar-refractivity contribution in [3.63, 3.8) is 0 Å². The fraction of sp³-hybridized carbons (Fsp3) is 0.190. The van der Waals surface area contributed by atoms with E-state index >= 15 is 0 Å². The van der Waals surface area contributed by atoms with Gasteiger partial charge in [-0.15, -0.1) is 0 Å². The van der Waals surface area contributed by atoms with Gasteiger partial charge in [0.25, 0.3) is 5.91 Å². The van der Waals surface area contributed by atoms with Crippen LogP contribution < -0.4 is 20.1 Å². The van der Waals surface area contributed by atoms with E-state index in [1.165, 1.54) is 19.5 Å². The molecule has 0 fully saturated rings. The van der Waals surface area contributed by atoms with Crippen molar-refractivity contribution in [3.8, 4) is 11.5 Å². The number of anilines is 3. The average Bonchev–Trinajstić information content (AvgIpc) is 2.71. The third-order valence-electron chi connectivity index (χ3n) is 4.26. The number of benzene rings is 2. The van der Waals surface area contributed by atoms with Gasteiger partial charge in [-0.1, -0.05) is 18.2 Å². The summed E-state index contributed by atoms with van der Waals surface area (Å²) in [5, 5.41) is 6.02. The van der Waals surface area contributed by atoms with Gasteiger partial charge >= 0.3 is 0 Å². The Labute approximate surface area is 163 Å². The molecule has 2 aromatic carbocycles. The summed E-state index contributed by atoms with van der Waals surface area (Å²) in [5.41, 5.74) is 3.98. The largest absolute Gasteiger partial charge is 0.493 e. The lowest BCUT2D eigenvalue weighted by Crippen LogP contribution is -2.14. The number of aromatic nitrogens is 2. The molecule has 0 aliphatic heterocycles. The molecule has 28 heavy (non-hydrogen) atoms. The van der Waals surface area contributed by atoms with Crippen LogP contribution in [0.4, 0.5) is 17.2 Å². The Morgan fingerprint density at radius 3 is 2.25 bits per heavy atom. The normalized spacial score (nSPS) is 10.3. The number of hydrogen-bond donors (Lipinski definition) is 2. The lowest BCUT2D eigenvalue weighted by molar-refractivity contribution is 0.102. The van der Waals surface area contributed by atoms with E-state index in [1.54, 1.807) is 25.3 Å². The molecule has 144 valence electrons. The molecule has 7 heteroatoms. The Bertz CT molecular complexity index is 967. The SMILES string of the molecule is COc1ccc(NC(=O)c2cnc(Nc3c(C)cccc3C)cn2)cc1OC. The van der Waals surface area contributed by atoms with Crippen LogP contribution in [0.25, 0.3) is 0 Å². The number of carbonyl (C=O) groups is 1. The van der Waals surface area contributed by atoms with Crippen LogP contribution in [-0.4, -0.2) is 30.1 Å². The molecule has 7 nitrogen and oxygen atoms in total. The molecule has 0 bridgehead atoms. The van der Waals surface area contributed by atoms with Gasteiger partial charge in [0.15, 0.2) is 11.5 Å². The summed E-state index contributed by atoms with van der Waals surface area (Å²) in [4.78, 5) is 21.0. The van der Waals surface area contributed by atoms with E-state index < -0.39 is 0 Å². The van der Waals surface area contributed by atoms with Crippen molar-refractivity contribution in [2.75, 3.05) is 24.9 Å². The van der Waals surface area contributed by atoms with Gasteiger partial charge in [0.05, 0.1) is 26.6 Å². The van der Waals surface area contributed by atoms with Gasteiger partial charge in [0.1, 0.15) is 11.5 Å². The molecule has 3 rings (SSSR count). The maximum Gasteiger partial charge on any atom is 0.275 e. The lowest BCUT2D eigenvalue weighted by Gasteiger charge is -2.12. The second kappa shape index (κ2) is 8.39. The summed E-state index contributed by atoms with van der Waals surface area (Å²) < 4.78 is 10.4. The van der Waals surface area contributed by atoms with Gasteiger partial charge < -0.3 is 20.1 Å².